The van der Waals surface area contributed by atoms with Crippen LogP contribution in [-0.2, 0) is 4.79 Å². The minimum atomic E-state index is -0.257. The number of fused-ring (bicyclic) bond motifs is 1. The van der Waals surface area contributed by atoms with E-state index in [2.05, 4.69) is 0 Å². The summed E-state index contributed by atoms with van der Waals surface area (Å²) in [5, 5.41) is 12.7. The zero-order valence-electron chi connectivity index (χ0n) is 13.4. The second-order valence-electron chi connectivity index (χ2n) is 6.22. The highest BCUT2D eigenvalue weighted by atomic mass is 16.3. The molecule has 24 heavy (non-hydrogen) atoms. The molecule has 0 spiro atoms. The van der Waals surface area contributed by atoms with E-state index in [-0.39, 0.29) is 17.7 Å². The first-order chi connectivity index (χ1) is 11.8. The molecular weight excluding hydrogens is 298 g/mol. The number of benzene rings is 3. The van der Waals surface area contributed by atoms with Gasteiger partial charge in [-0.15, -0.1) is 0 Å². The Bertz CT molecular complexity index is 889. The number of rotatable bonds is 3. The van der Waals surface area contributed by atoms with Gasteiger partial charge in [-0.2, -0.15) is 0 Å². The zero-order chi connectivity index (χ0) is 16.5. The summed E-state index contributed by atoms with van der Waals surface area (Å²) in [6.45, 7) is 0.723. The summed E-state index contributed by atoms with van der Waals surface area (Å²) < 4.78 is 0. The largest absolute Gasteiger partial charge is 0.508 e. The summed E-state index contributed by atoms with van der Waals surface area (Å²) in [4.78, 5) is 14.4. The Balaban J connectivity index is 1.97. The van der Waals surface area contributed by atoms with Gasteiger partial charge in [0.05, 0.1) is 6.04 Å². The lowest BCUT2D eigenvalue weighted by Gasteiger charge is -2.30. The summed E-state index contributed by atoms with van der Waals surface area (Å²) >= 11 is 0. The number of likely N-dealkylation sites (tertiary alicyclic amines) is 1. The first-order valence-corrected chi connectivity index (χ1v) is 8.31. The number of phenols is 1. The molecular formula is C21H19NO2. The van der Waals surface area contributed by atoms with Crippen molar-refractivity contribution in [2.75, 3.05) is 6.54 Å². The van der Waals surface area contributed by atoms with E-state index in [0.29, 0.717) is 6.42 Å². The Morgan fingerprint density at radius 3 is 2.42 bits per heavy atom. The molecule has 3 nitrogen and oxygen atoms in total. The fourth-order valence-electron chi connectivity index (χ4n) is 3.65. The zero-order valence-corrected chi connectivity index (χ0v) is 13.4. The molecule has 1 atom stereocenters. The van der Waals surface area contributed by atoms with E-state index in [4.69, 9.17) is 0 Å². The van der Waals surface area contributed by atoms with Crippen molar-refractivity contribution in [3.05, 3.63) is 77.9 Å². The summed E-state index contributed by atoms with van der Waals surface area (Å²) in [7, 11) is 0. The summed E-state index contributed by atoms with van der Waals surface area (Å²) in [5.74, 6) is 0.387. The van der Waals surface area contributed by atoms with Crippen LogP contribution in [0.2, 0.25) is 0 Å². The molecule has 1 saturated heterocycles. The molecule has 0 aromatic heterocycles. The highest BCUT2D eigenvalue weighted by Gasteiger charge is 2.32. The van der Waals surface area contributed by atoms with Crippen LogP contribution in [0, 0.1) is 0 Å². The molecule has 4 rings (SSSR count). The first kappa shape index (κ1) is 14.8. The fourth-order valence-corrected chi connectivity index (χ4v) is 3.65. The van der Waals surface area contributed by atoms with Crippen LogP contribution in [0.15, 0.2) is 66.7 Å². The van der Waals surface area contributed by atoms with Crippen molar-refractivity contribution in [2.45, 2.75) is 18.9 Å². The average Bonchev–Trinajstić information content (AvgIpc) is 3.04. The number of nitrogens with zero attached hydrogens (tertiary/aromatic N) is 1. The molecule has 0 saturated carbocycles. The van der Waals surface area contributed by atoms with Gasteiger partial charge in [-0.1, -0.05) is 60.7 Å². The Morgan fingerprint density at radius 1 is 0.917 bits per heavy atom. The third-order valence-electron chi connectivity index (χ3n) is 4.76. The number of hydrogen-bond donors (Lipinski definition) is 1. The SMILES string of the molecule is O=C1CCCN1C(c1ccccc1)c1c(O)ccc2ccccc12. The lowest BCUT2D eigenvalue weighted by atomic mass is 9.91. The smallest absolute Gasteiger partial charge is 0.223 e. The number of carbonyl (C=O) groups is 1. The number of phenolic OH excluding ortho intramolecular Hbond substituents is 1. The predicted molar refractivity (Wildman–Crippen MR) is 94.8 cm³/mol. The number of amides is 1. The molecule has 1 N–H and O–H groups in total. The van der Waals surface area contributed by atoms with E-state index in [0.717, 1.165) is 34.9 Å². The van der Waals surface area contributed by atoms with Crippen molar-refractivity contribution in [3.63, 3.8) is 0 Å². The number of carbonyl (C=O) groups excluding carboxylic acids is 1. The summed E-state index contributed by atoms with van der Waals surface area (Å²) in [6.07, 6.45) is 1.45. The van der Waals surface area contributed by atoms with Gasteiger partial charge in [0.25, 0.3) is 0 Å². The Kier molecular flexibility index (Phi) is 3.69. The van der Waals surface area contributed by atoms with Crippen LogP contribution in [0.25, 0.3) is 10.8 Å². The highest BCUT2D eigenvalue weighted by Crippen LogP contribution is 2.40. The maximum absolute atomic E-state index is 12.5. The summed E-state index contributed by atoms with van der Waals surface area (Å²) in [6, 6.07) is 21.4. The van der Waals surface area contributed by atoms with Crippen LogP contribution in [0.1, 0.15) is 30.0 Å². The molecule has 1 aliphatic rings. The van der Waals surface area contributed by atoms with Crippen molar-refractivity contribution in [1.29, 1.82) is 0 Å². The molecule has 0 radical (unpaired) electrons. The molecule has 1 amide bonds. The van der Waals surface area contributed by atoms with E-state index in [1.807, 2.05) is 65.6 Å². The lowest BCUT2D eigenvalue weighted by Crippen LogP contribution is -2.30. The number of hydrogen-bond acceptors (Lipinski definition) is 2. The van der Waals surface area contributed by atoms with E-state index in [9.17, 15) is 9.90 Å². The Labute approximate surface area is 141 Å². The first-order valence-electron chi connectivity index (χ1n) is 8.31. The van der Waals surface area contributed by atoms with Crippen molar-refractivity contribution >= 4 is 16.7 Å². The van der Waals surface area contributed by atoms with Crippen LogP contribution in [0.4, 0.5) is 0 Å². The van der Waals surface area contributed by atoms with Gasteiger partial charge < -0.3 is 10.0 Å². The molecule has 1 fully saturated rings. The normalized spacial score (nSPS) is 15.8. The van der Waals surface area contributed by atoms with Crippen molar-refractivity contribution < 1.29 is 9.90 Å². The minimum Gasteiger partial charge on any atom is -0.508 e. The van der Waals surface area contributed by atoms with Gasteiger partial charge in [-0.05, 0) is 28.8 Å². The molecule has 0 bridgehead atoms. The van der Waals surface area contributed by atoms with E-state index in [1.54, 1.807) is 6.07 Å². The molecule has 3 heteroatoms. The van der Waals surface area contributed by atoms with Gasteiger partial charge in [-0.25, -0.2) is 0 Å². The second kappa shape index (κ2) is 6.00. The van der Waals surface area contributed by atoms with Crippen LogP contribution in [-0.4, -0.2) is 22.5 Å². The van der Waals surface area contributed by atoms with Gasteiger partial charge in [0.1, 0.15) is 5.75 Å². The molecule has 3 aromatic rings. The summed E-state index contributed by atoms with van der Waals surface area (Å²) in [5.41, 5.74) is 1.84. The minimum absolute atomic E-state index is 0.149. The monoisotopic (exact) mass is 317 g/mol. The molecule has 0 aliphatic carbocycles. The van der Waals surface area contributed by atoms with Crippen molar-refractivity contribution in [3.8, 4) is 5.75 Å². The molecule has 3 aromatic carbocycles. The molecule has 1 aliphatic heterocycles. The third-order valence-corrected chi connectivity index (χ3v) is 4.76. The van der Waals surface area contributed by atoms with Crippen molar-refractivity contribution in [2.24, 2.45) is 0 Å². The van der Waals surface area contributed by atoms with Gasteiger partial charge in [0, 0.05) is 18.5 Å². The van der Waals surface area contributed by atoms with Gasteiger partial charge in [-0.3, -0.25) is 4.79 Å². The number of aromatic hydroxyl groups is 1. The third kappa shape index (κ3) is 2.42. The van der Waals surface area contributed by atoms with E-state index < -0.39 is 0 Å². The molecule has 1 heterocycles. The van der Waals surface area contributed by atoms with Gasteiger partial charge in [0.15, 0.2) is 0 Å². The Hall–Kier alpha value is -2.81. The molecule has 120 valence electrons. The van der Waals surface area contributed by atoms with Gasteiger partial charge in [0.2, 0.25) is 5.91 Å². The highest BCUT2D eigenvalue weighted by molar-refractivity contribution is 5.89. The quantitative estimate of drug-likeness (QED) is 0.784. The fraction of sp³-hybridized carbons (Fsp3) is 0.190. The van der Waals surface area contributed by atoms with Crippen molar-refractivity contribution in [1.82, 2.24) is 4.90 Å². The second-order valence-corrected chi connectivity index (χ2v) is 6.22. The lowest BCUT2D eigenvalue weighted by molar-refractivity contribution is -0.129. The topological polar surface area (TPSA) is 40.5 Å². The van der Waals surface area contributed by atoms with Crippen LogP contribution >= 0.6 is 0 Å². The standard InChI is InChI=1S/C21H19NO2/c23-18-13-12-15-7-4-5-10-17(15)20(18)21(16-8-2-1-3-9-16)22-14-6-11-19(22)24/h1-5,7-10,12-13,21,23H,6,11,14H2. The molecule has 1 unspecified atom stereocenters. The van der Waals surface area contributed by atoms with E-state index in [1.165, 1.54) is 0 Å². The van der Waals surface area contributed by atoms with Gasteiger partial charge >= 0.3 is 0 Å². The van der Waals surface area contributed by atoms with Crippen LogP contribution in [0.3, 0.4) is 0 Å². The Morgan fingerprint density at radius 2 is 1.67 bits per heavy atom. The van der Waals surface area contributed by atoms with E-state index >= 15 is 0 Å². The van der Waals surface area contributed by atoms with Crippen LogP contribution < -0.4 is 0 Å². The maximum Gasteiger partial charge on any atom is 0.223 e. The van der Waals surface area contributed by atoms with Crippen LogP contribution in [0.5, 0.6) is 5.75 Å². The predicted octanol–water partition coefficient (Wildman–Crippen LogP) is 4.26. The average molecular weight is 317 g/mol. The maximum atomic E-state index is 12.5.